The fourth-order valence-corrected chi connectivity index (χ4v) is 4.58. The SMILES string of the molecule is CN=C(Cl)/C(C(=O)N1CCCC2(CN(CCC(C)(C)C)C2)C1)=C(\N)c1cc(C)on1. The van der Waals surface area contributed by atoms with Crippen molar-refractivity contribution in [2.45, 2.75) is 47.0 Å². The van der Waals surface area contributed by atoms with E-state index in [1.165, 1.54) is 6.42 Å². The predicted octanol–water partition coefficient (Wildman–Crippen LogP) is 3.28. The molecule has 1 aromatic heterocycles. The summed E-state index contributed by atoms with van der Waals surface area (Å²) in [5, 5.41) is 4.03. The summed E-state index contributed by atoms with van der Waals surface area (Å²) in [6, 6.07) is 1.69. The van der Waals surface area contributed by atoms with Gasteiger partial charge in [0.05, 0.1) is 5.70 Å². The van der Waals surface area contributed by atoms with Crippen molar-refractivity contribution in [3.8, 4) is 0 Å². The molecule has 2 aliphatic heterocycles. The molecular weight excluding hydrogens is 402 g/mol. The Labute approximate surface area is 184 Å². The van der Waals surface area contributed by atoms with Gasteiger partial charge in [-0.2, -0.15) is 0 Å². The van der Waals surface area contributed by atoms with E-state index < -0.39 is 0 Å². The summed E-state index contributed by atoms with van der Waals surface area (Å²) in [6.45, 7) is 13.2. The number of carbonyl (C=O) groups excluding carboxylic acids is 1. The van der Waals surface area contributed by atoms with Crippen LogP contribution in [0, 0.1) is 17.8 Å². The van der Waals surface area contributed by atoms with Gasteiger partial charge in [0.15, 0.2) is 0 Å². The largest absolute Gasteiger partial charge is 0.396 e. The van der Waals surface area contributed by atoms with Gasteiger partial charge in [0.25, 0.3) is 5.91 Å². The normalized spacial score (nSPS) is 20.9. The maximum absolute atomic E-state index is 13.4. The van der Waals surface area contributed by atoms with E-state index in [1.54, 1.807) is 20.0 Å². The molecule has 3 heterocycles. The van der Waals surface area contributed by atoms with Gasteiger partial charge in [0.1, 0.15) is 22.2 Å². The standard InChI is InChI=1S/C22H34ClN5O2/c1-15-11-16(26-30-15)18(24)17(19(23)25-5)20(29)28-9-6-7-22(14-28)12-27(13-22)10-8-21(2,3)4/h11H,6-10,12-14,24H2,1-5H3/b18-17+,25-19?. The lowest BCUT2D eigenvalue weighted by molar-refractivity contribution is -0.134. The molecular formula is C22H34ClN5O2. The van der Waals surface area contributed by atoms with Gasteiger partial charge in [0.2, 0.25) is 0 Å². The fourth-order valence-electron chi connectivity index (χ4n) is 4.40. The highest BCUT2D eigenvalue weighted by Crippen LogP contribution is 2.40. The summed E-state index contributed by atoms with van der Waals surface area (Å²) in [6.07, 6.45) is 3.31. The number of nitrogens with two attached hydrogens (primary N) is 1. The molecule has 2 fully saturated rings. The van der Waals surface area contributed by atoms with E-state index in [0.717, 1.165) is 39.0 Å². The van der Waals surface area contributed by atoms with Gasteiger partial charge >= 0.3 is 0 Å². The topological polar surface area (TPSA) is 88.0 Å². The molecule has 2 saturated heterocycles. The Bertz CT molecular complexity index is 846. The summed E-state index contributed by atoms with van der Waals surface area (Å²) in [4.78, 5) is 21.8. The number of carbonyl (C=O) groups is 1. The van der Waals surface area contributed by atoms with Crippen molar-refractivity contribution in [1.29, 1.82) is 0 Å². The summed E-state index contributed by atoms with van der Waals surface area (Å²) in [5.74, 6) is 0.432. The van der Waals surface area contributed by atoms with E-state index in [1.807, 2.05) is 4.90 Å². The van der Waals surface area contributed by atoms with E-state index in [4.69, 9.17) is 21.9 Å². The molecule has 0 radical (unpaired) electrons. The Morgan fingerprint density at radius 2 is 2.07 bits per heavy atom. The van der Waals surface area contributed by atoms with Crippen LogP contribution in [0.25, 0.3) is 5.70 Å². The lowest BCUT2D eigenvalue weighted by Gasteiger charge is -2.55. The van der Waals surface area contributed by atoms with Crippen LogP contribution in [0.5, 0.6) is 0 Å². The minimum atomic E-state index is -0.184. The molecule has 0 unspecified atom stereocenters. The van der Waals surface area contributed by atoms with Crippen LogP contribution in [-0.4, -0.2) is 65.8 Å². The molecule has 7 nitrogen and oxygen atoms in total. The van der Waals surface area contributed by atoms with Gasteiger partial charge < -0.3 is 20.1 Å². The molecule has 1 aromatic rings. The van der Waals surface area contributed by atoms with E-state index in [0.29, 0.717) is 23.4 Å². The number of hydrogen-bond acceptors (Lipinski definition) is 6. The molecule has 0 bridgehead atoms. The molecule has 3 rings (SSSR count). The van der Waals surface area contributed by atoms with Gasteiger partial charge in [-0.25, -0.2) is 0 Å². The molecule has 8 heteroatoms. The maximum Gasteiger partial charge on any atom is 0.259 e. The second kappa shape index (κ2) is 8.71. The van der Waals surface area contributed by atoms with E-state index >= 15 is 0 Å². The molecule has 30 heavy (non-hydrogen) atoms. The van der Waals surface area contributed by atoms with Crippen LogP contribution in [0.15, 0.2) is 21.2 Å². The Morgan fingerprint density at radius 3 is 2.63 bits per heavy atom. The second-order valence-electron chi connectivity index (χ2n) is 9.98. The summed E-state index contributed by atoms with van der Waals surface area (Å²) in [5.41, 5.74) is 7.61. The van der Waals surface area contributed by atoms with E-state index in [9.17, 15) is 4.79 Å². The number of rotatable bonds is 5. The van der Waals surface area contributed by atoms with Crippen molar-refractivity contribution in [2.24, 2.45) is 21.6 Å². The Hall–Kier alpha value is -1.86. The van der Waals surface area contributed by atoms with E-state index in [-0.39, 0.29) is 27.8 Å². The maximum atomic E-state index is 13.4. The van der Waals surface area contributed by atoms with Crippen molar-refractivity contribution in [3.63, 3.8) is 0 Å². The number of likely N-dealkylation sites (tertiary alicyclic amines) is 2. The third-order valence-corrected chi connectivity index (χ3v) is 6.39. The zero-order chi connectivity index (χ0) is 22.1. The molecule has 0 atom stereocenters. The zero-order valence-electron chi connectivity index (χ0n) is 18.8. The van der Waals surface area contributed by atoms with Crippen LogP contribution in [0.3, 0.4) is 0 Å². The molecule has 0 aliphatic carbocycles. The highest BCUT2D eigenvalue weighted by molar-refractivity contribution is 6.73. The molecule has 1 spiro atoms. The number of aryl methyl sites for hydroxylation is 1. The number of amides is 1. The first-order valence-corrected chi connectivity index (χ1v) is 11.0. The van der Waals surface area contributed by atoms with Crippen LogP contribution in [0.1, 0.15) is 51.5 Å². The molecule has 2 aliphatic rings. The van der Waals surface area contributed by atoms with Crippen molar-refractivity contribution >= 4 is 28.4 Å². The number of halogens is 1. The Balaban J connectivity index is 1.73. The van der Waals surface area contributed by atoms with Crippen LogP contribution < -0.4 is 5.73 Å². The average Bonchev–Trinajstić information content (AvgIpc) is 3.10. The minimum absolute atomic E-state index is 0.0955. The van der Waals surface area contributed by atoms with E-state index in [2.05, 4.69) is 35.8 Å². The number of hydrogen-bond donors (Lipinski definition) is 1. The Kier molecular flexibility index (Phi) is 6.63. The van der Waals surface area contributed by atoms with Gasteiger partial charge in [0, 0.05) is 44.7 Å². The lowest BCUT2D eigenvalue weighted by atomic mass is 9.72. The summed E-state index contributed by atoms with van der Waals surface area (Å²) in [7, 11) is 1.55. The number of piperidine rings is 1. The first-order valence-electron chi connectivity index (χ1n) is 10.6. The summed E-state index contributed by atoms with van der Waals surface area (Å²) < 4.78 is 5.12. The number of aliphatic imine (C=N–C) groups is 1. The van der Waals surface area contributed by atoms with Crippen LogP contribution in [0.2, 0.25) is 0 Å². The molecule has 1 amide bonds. The molecule has 0 saturated carbocycles. The quantitative estimate of drug-likeness (QED) is 0.566. The van der Waals surface area contributed by atoms with Crippen molar-refractivity contribution in [3.05, 3.63) is 23.1 Å². The first kappa shape index (κ1) is 22.8. The molecule has 0 aromatic carbocycles. The van der Waals surface area contributed by atoms with Gasteiger partial charge in [-0.3, -0.25) is 9.79 Å². The highest BCUT2D eigenvalue weighted by atomic mass is 35.5. The van der Waals surface area contributed by atoms with Crippen molar-refractivity contribution in [1.82, 2.24) is 15.0 Å². The number of nitrogens with zero attached hydrogens (tertiary/aromatic N) is 4. The monoisotopic (exact) mass is 435 g/mol. The first-order chi connectivity index (χ1) is 14.0. The molecule has 166 valence electrons. The summed E-state index contributed by atoms with van der Waals surface area (Å²) >= 11 is 6.32. The zero-order valence-corrected chi connectivity index (χ0v) is 19.6. The third-order valence-electron chi connectivity index (χ3n) is 6.03. The smallest absolute Gasteiger partial charge is 0.259 e. The Morgan fingerprint density at radius 1 is 1.37 bits per heavy atom. The van der Waals surface area contributed by atoms with Crippen molar-refractivity contribution < 1.29 is 9.32 Å². The van der Waals surface area contributed by atoms with Crippen LogP contribution >= 0.6 is 11.6 Å². The third kappa shape index (κ3) is 5.06. The van der Waals surface area contributed by atoms with Gasteiger partial charge in [-0.1, -0.05) is 37.5 Å². The van der Waals surface area contributed by atoms with Crippen molar-refractivity contribution in [2.75, 3.05) is 39.8 Å². The molecule has 2 N–H and O–H groups in total. The lowest BCUT2D eigenvalue weighted by Crippen LogP contribution is -2.63. The fraction of sp³-hybridized carbons (Fsp3) is 0.682. The van der Waals surface area contributed by atoms with Crippen LogP contribution in [0.4, 0.5) is 0 Å². The highest BCUT2D eigenvalue weighted by Gasteiger charge is 2.46. The predicted molar refractivity (Wildman–Crippen MR) is 120 cm³/mol. The minimum Gasteiger partial charge on any atom is -0.396 e. The average molecular weight is 436 g/mol. The van der Waals surface area contributed by atoms with Gasteiger partial charge in [-0.15, -0.1) is 0 Å². The van der Waals surface area contributed by atoms with Gasteiger partial charge in [-0.05, 0) is 38.1 Å². The number of aromatic nitrogens is 1. The second-order valence-corrected chi connectivity index (χ2v) is 10.3. The van der Waals surface area contributed by atoms with Crippen LogP contribution in [-0.2, 0) is 4.79 Å².